The first-order chi connectivity index (χ1) is 18.1. The van der Waals surface area contributed by atoms with Gasteiger partial charge in [0, 0.05) is 17.8 Å². The third-order valence-electron chi connectivity index (χ3n) is 5.82. The summed E-state index contributed by atoms with van der Waals surface area (Å²) in [6.45, 7) is 0.730. The van der Waals surface area contributed by atoms with Gasteiger partial charge < -0.3 is 4.52 Å². The van der Waals surface area contributed by atoms with Gasteiger partial charge in [0.15, 0.2) is 11.5 Å². The Morgan fingerprint density at radius 3 is 2.19 bits per heavy atom. The molecule has 0 aliphatic rings. The van der Waals surface area contributed by atoms with Crippen molar-refractivity contribution in [1.82, 2.24) is 14.9 Å². The number of hydrogen-bond acceptors (Lipinski definition) is 6. The zero-order valence-corrected chi connectivity index (χ0v) is 19.7. The molecule has 8 heteroatoms. The molecule has 0 unspecified atom stereocenters. The summed E-state index contributed by atoms with van der Waals surface area (Å²) >= 11 is 0. The molecule has 0 radical (unpaired) electrons. The van der Waals surface area contributed by atoms with Crippen LogP contribution in [0.15, 0.2) is 102 Å². The highest BCUT2D eigenvalue weighted by atomic mass is 16.5. The maximum atomic E-state index is 13.6. The number of rotatable bonds is 7. The van der Waals surface area contributed by atoms with Crippen LogP contribution in [0.1, 0.15) is 32.7 Å². The quantitative estimate of drug-likeness (QED) is 0.315. The van der Waals surface area contributed by atoms with E-state index in [1.807, 2.05) is 54.6 Å². The molecule has 2 aromatic heterocycles. The smallest absolute Gasteiger partial charge is 0.280 e. The largest absolute Gasteiger partial charge is 0.355 e. The molecular formula is C29H20N6O2. The Hall–Kier alpha value is -5.47. The average Bonchev–Trinajstić information content (AvgIpc) is 3.63. The highest BCUT2D eigenvalue weighted by molar-refractivity contribution is 6.05. The van der Waals surface area contributed by atoms with Crippen LogP contribution in [0.25, 0.3) is 11.3 Å². The Kier molecular flexibility index (Phi) is 6.56. The Bertz CT molecular complexity index is 1600. The number of nitrogens with zero attached hydrogens (tertiary/aromatic N) is 6. The van der Waals surface area contributed by atoms with Gasteiger partial charge in [0.25, 0.3) is 5.91 Å². The van der Waals surface area contributed by atoms with Crippen LogP contribution in [-0.4, -0.2) is 20.8 Å². The van der Waals surface area contributed by atoms with Crippen molar-refractivity contribution in [1.29, 1.82) is 10.5 Å². The van der Waals surface area contributed by atoms with Crippen LogP contribution in [0.4, 0.5) is 5.69 Å². The summed E-state index contributed by atoms with van der Waals surface area (Å²) < 4.78 is 7.19. The predicted molar refractivity (Wildman–Crippen MR) is 136 cm³/mol. The fourth-order valence-electron chi connectivity index (χ4n) is 3.85. The number of amides is 1. The normalized spacial score (nSPS) is 10.4. The number of aromatic nitrogens is 3. The van der Waals surface area contributed by atoms with Gasteiger partial charge in [-0.05, 0) is 35.4 Å². The number of nitriles is 2. The molecule has 0 aliphatic carbocycles. The first-order valence-electron chi connectivity index (χ1n) is 11.5. The van der Waals surface area contributed by atoms with E-state index >= 15 is 0 Å². The van der Waals surface area contributed by atoms with E-state index in [-0.39, 0.29) is 18.1 Å². The van der Waals surface area contributed by atoms with E-state index in [2.05, 4.69) is 22.4 Å². The van der Waals surface area contributed by atoms with Crippen LogP contribution >= 0.6 is 0 Å². The Balaban J connectivity index is 1.43. The molecule has 2 heterocycles. The zero-order chi connectivity index (χ0) is 25.6. The summed E-state index contributed by atoms with van der Waals surface area (Å²) in [5.41, 5.74) is 4.54. The van der Waals surface area contributed by atoms with Gasteiger partial charge in [0.05, 0.1) is 48.2 Å². The van der Waals surface area contributed by atoms with Crippen molar-refractivity contribution in [3.8, 4) is 23.5 Å². The lowest BCUT2D eigenvalue weighted by molar-refractivity contribution is 0.0976. The second kappa shape index (κ2) is 10.4. The molecular weight excluding hydrogens is 464 g/mol. The van der Waals surface area contributed by atoms with E-state index in [9.17, 15) is 4.79 Å². The topological polar surface area (TPSA) is 112 Å². The monoisotopic (exact) mass is 484 g/mol. The van der Waals surface area contributed by atoms with Crippen molar-refractivity contribution in [3.63, 3.8) is 0 Å². The maximum Gasteiger partial charge on any atom is 0.280 e. The van der Waals surface area contributed by atoms with E-state index in [4.69, 9.17) is 15.0 Å². The molecule has 1 amide bonds. The van der Waals surface area contributed by atoms with Crippen molar-refractivity contribution < 1.29 is 9.32 Å². The number of hydrogen-bond donors (Lipinski definition) is 0. The van der Waals surface area contributed by atoms with Crippen LogP contribution in [0, 0.1) is 22.7 Å². The predicted octanol–water partition coefficient (Wildman–Crippen LogP) is 5.18. The van der Waals surface area contributed by atoms with Crippen molar-refractivity contribution in [2.45, 2.75) is 13.1 Å². The highest BCUT2D eigenvalue weighted by Gasteiger charge is 2.24. The summed E-state index contributed by atoms with van der Waals surface area (Å²) in [6, 6.07) is 29.6. The number of anilines is 1. The summed E-state index contributed by atoms with van der Waals surface area (Å²) in [5, 5.41) is 26.6. The van der Waals surface area contributed by atoms with Gasteiger partial charge >= 0.3 is 0 Å². The van der Waals surface area contributed by atoms with Gasteiger partial charge in [0.2, 0.25) is 0 Å². The summed E-state index contributed by atoms with van der Waals surface area (Å²) in [4.78, 5) is 15.2. The first kappa shape index (κ1) is 23.3. The molecule has 0 saturated heterocycles. The van der Waals surface area contributed by atoms with E-state index < -0.39 is 0 Å². The van der Waals surface area contributed by atoms with Gasteiger partial charge in [-0.25, -0.2) is 0 Å². The molecule has 0 fully saturated rings. The molecule has 178 valence electrons. The lowest BCUT2D eigenvalue weighted by Crippen LogP contribution is -2.30. The second-order valence-electron chi connectivity index (χ2n) is 8.35. The number of benzene rings is 3. The Labute approximate surface area is 213 Å². The minimum atomic E-state index is -0.340. The zero-order valence-electron chi connectivity index (χ0n) is 19.7. The van der Waals surface area contributed by atoms with Crippen molar-refractivity contribution in [3.05, 3.63) is 125 Å². The summed E-state index contributed by atoms with van der Waals surface area (Å²) in [7, 11) is 0. The molecule has 37 heavy (non-hydrogen) atoms. The molecule has 0 bridgehead atoms. The van der Waals surface area contributed by atoms with Crippen LogP contribution in [0.2, 0.25) is 0 Å². The molecule has 5 rings (SSSR count). The number of carbonyl (C=O) groups is 1. The van der Waals surface area contributed by atoms with Gasteiger partial charge in [-0.1, -0.05) is 59.8 Å². The van der Waals surface area contributed by atoms with Crippen molar-refractivity contribution in [2.75, 3.05) is 4.90 Å². The van der Waals surface area contributed by atoms with E-state index in [0.29, 0.717) is 29.1 Å². The van der Waals surface area contributed by atoms with Crippen molar-refractivity contribution >= 4 is 11.6 Å². The third-order valence-corrected chi connectivity index (χ3v) is 5.82. The van der Waals surface area contributed by atoms with Gasteiger partial charge in [-0.15, -0.1) is 0 Å². The van der Waals surface area contributed by atoms with Crippen LogP contribution in [0.5, 0.6) is 0 Å². The van der Waals surface area contributed by atoms with Gasteiger partial charge in [0.1, 0.15) is 0 Å². The standard InChI is InChI=1S/C29H20N6O2/c30-15-21-6-10-23(11-7-21)18-34-20-26(17-32-34)35(19-24-12-8-22(16-31)9-13-24)29(36)27-14-28(37-33-27)25-4-2-1-3-5-25/h1-14,17,20H,18-19H2. The van der Waals surface area contributed by atoms with Gasteiger partial charge in [-0.3, -0.25) is 14.4 Å². The minimum absolute atomic E-state index is 0.173. The van der Waals surface area contributed by atoms with Crippen molar-refractivity contribution in [2.24, 2.45) is 0 Å². The molecule has 5 aromatic rings. The molecule has 0 atom stereocenters. The van der Waals surface area contributed by atoms with E-state index in [0.717, 1.165) is 16.7 Å². The molecule has 0 N–H and O–H groups in total. The molecule has 0 spiro atoms. The Morgan fingerprint density at radius 2 is 1.54 bits per heavy atom. The summed E-state index contributed by atoms with van der Waals surface area (Å²) in [6.07, 6.45) is 3.42. The Morgan fingerprint density at radius 1 is 0.892 bits per heavy atom. The molecule has 3 aromatic carbocycles. The second-order valence-corrected chi connectivity index (χ2v) is 8.35. The lowest BCUT2D eigenvalue weighted by Gasteiger charge is -2.20. The fraction of sp³-hybridized carbons (Fsp3) is 0.0690. The average molecular weight is 485 g/mol. The SMILES string of the molecule is N#Cc1ccc(CN(C(=O)c2cc(-c3ccccc3)on2)c2cnn(Cc3ccc(C#N)cc3)c2)cc1. The molecule has 0 saturated carbocycles. The minimum Gasteiger partial charge on any atom is -0.355 e. The van der Waals surface area contributed by atoms with E-state index in [1.165, 1.54) is 0 Å². The maximum absolute atomic E-state index is 13.6. The van der Waals surface area contributed by atoms with Gasteiger partial charge in [-0.2, -0.15) is 15.6 Å². The number of carbonyl (C=O) groups excluding carboxylic acids is 1. The molecule has 0 aliphatic heterocycles. The van der Waals surface area contributed by atoms with E-state index in [1.54, 1.807) is 52.3 Å². The van der Waals surface area contributed by atoms with Crippen LogP contribution < -0.4 is 4.90 Å². The molecule has 8 nitrogen and oxygen atoms in total. The third kappa shape index (κ3) is 5.29. The fourth-order valence-corrected chi connectivity index (χ4v) is 3.85. The summed E-state index contributed by atoms with van der Waals surface area (Å²) in [5.74, 6) is 0.159. The highest BCUT2D eigenvalue weighted by Crippen LogP contribution is 2.24. The van der Waals surface area contributed by atoms with Crippen LogP contribution in [-0.2, 0) is 13.1 Å². The lowest BCUT2D eigenvalue weighted by atomic mass is 10.1. The van der Waals surface area contributed by atoms with Crippen LogP contribution in [0.3, 0.4) is 0 Å². The first-order valence-corrected chi connectivity index (χ1v) is 11.5.